The van der Waals surface area contributed by atoms with Gasteiger partial charge in [-0.25, -0.2) is 0 Å². The van der Waals surface area contributed by atoms with Crippen LogP contribution in [0.4, 0.5) is 5.69 Å². The summed E-state index contributed by atoms with van der Waals surface area (Å²) < 4.78 is 0. The largest absolute Gasteiger partial charge is 0.370 e. The fraction of sp³-hybridized carbons (Fsp3) is 0.194. The second-order valence-corrected chi connectivity index (χ2v) is 9.37. The average molecular weight is 491 g/mol. The Bertz CT molecular complexity index is 1460. The maximum atomic E-state index is 13.1. The number of carbonyl (C=O) groups is 2. The predicted molar refractivity (Wildman–Crippen MR) is 149 cm³/mol. The highest BCUT2D eigenvalue weighted by molar-refractivity contribution is 6.16. The highest BCUT2D eigenvalue weighted by Crippen LogP contribution is 2.26. The van der Waals surface area contributed by atoms with Crippen molar-refractivity contribution < 1.29 is 9.59 Å². The lowest BCUT2D eigenvalue weighted by molar-refractivity contribution is -0.128. The van der Waals surface area contributed by atoms with Gasteiger partial charge < -0.3 is 15.5 Å². The minimum Gasteiger partial charge on any atom is -0.370 e. The van der Waals surface area contributed by atoms with Crippen molar-refractivity contribution in [2.24, 2.45) is 4.99 Å². The first-order valence-electron chi connectivity index (χ1n) is 12.5. The number of para-hydroxylation sites is 1. The van der Waals surface area contributed by atoms with Gasteiger partial charge in [0.2, 0.25) is 11.8 Å². The summed E-state index contributed by atoms with van der Waals surface area (Å²) in [5.74, 6) is -0.468. The molecule has 0 spiro atoms. The summed E-state index contributed by atoms with van der Waals surface area (Å²) in [6.07, 6.45) is -0.269. The molecule has 5 rings (SSSR count). The van der Waals surface area contributed by atoms with E-state index in [1.54, 1.807) is 6.92 Å². The Morgan fingerprint density at radius 3 is 2.46 bits per heavy atom. The molecule has 0 aliphatic carbocycles. The van der Waals surface area contributed by atoms with Gasteiger partial charge in [0, 0.05) is 23.9 Å². The van der Waals surface area contributed by atoms with Gasteiger partial charge >= 0.3 is 0 Å². The molecule has 0 saturated heterocycles. The summed E-state index contributed by atoms with van der Waals surface area (Å²) in [5, 5.41) is 8.03. The van der Waals surface area contributed by atoms with Crippen molar-refractivity contribution in [3.63, 3.8) is 0 Å². The first-order valence-corrected chi connectivity index (χ1v) is 12.5. The van der Waals surface area contributed by atoms with Crippen molar-refractivity contribution in [2.75, 3.05) is 18.5 Å². The molecule has 0 unspecified atom stereocenters. The van der Waals surface area contributed by atoms with Gasteiger partial charge in [0.15, 0.2) is 0 Å². The monoisotopic (exact) mass is 490 g/mol. The first-order chi connectivity index (χ1) is 18.0. The van der Waals surface area contributed by atoms with Crippen LogP contribution in [0.15, 0.2) is 102 Å². The molecular weight excluding hydrogens is 460 g/mol. The lowest BCUT2D eigenvalue weighted by Crippen LogP contribution is -2.50. The smallest absolute Gasteiger partial charge is 0.243 e. The fourth-order valence-electron chi connectivity index (χ4n) is 4.80. The Balaban J connectivity index is 1.30. The van der Waals surface area contributed by atoms with Crippen molar-refractivity contribution in [2.45, 2.75) is 25.6 Å². The number of benzodiazepines with no additional fused rings is 1. The van der Waals surface area contributed by atoms with Gasteiger partial charge in [-0.3, -0.25) is 14.6 Å². The molecule has 2 N–H and O–H groups in total. The zero-order valence-electron chi connectivity index (χ0n) is 21.0. The van der Waals surface area contributed by atoms with E-state index in [-0.39, 0.29) is 18.2 Å². The highest BCUT2D eigenvalue weighted by Gasteiger charge is 2.25. The molecular formula is C31H30N4O2. The van der Waals surface area contributed by atoms with Crippen molar-refractivity contribution >= 4 is 34.0 Å². The zero-order chi connectivity index (χ0) is 25.8. The molecule has 37 heavy (non-hydrogen) atoms. The molecule has 2 atom stereocenters. The number of carbonyl (C=O) groups excluding carboxylic acids is 2. The second-order valence-electron chi connectivity index (χ2n) is 9.37. The van der Waals surface area contributed by atoms with Crippen LogP contribution in [0.3, 0.4) is 0 Å². The summed E-state index contributed by atoms with van der Waals surface area (Å²) in [6.45, 7) is 2.21. The molecule has 186 valence electrons. The van der Waals surface area contributed by atoms with E-state index in [4.69, 9.17) is 4.99 Å². The summed E-state index contributed by atoms with van der Waals surface area (Å²) >= 11 is 0. The third-order valence-corrected chi connectivity index (χ3v) is 6.66. The zero-order valence-corrected chi connectivity index (χ0v) is 21.0. The molecule has 0 radical (unpaired) electrons. The number of benzene rings is 4. The minimum atomic E-state index is -0.700. The Morgan fingerprint density at radius 1 is 0.919 bits per heavy atom. The third kappa shape index (κ3) is 5.38. The summed E-state index contributed by atoms with van der Waals surface area (Å²) in [4.78, 5) is 33.0. The normalized spacial score (nSPS) is 15.8. The molecule has 1 aliphatic heterocycles. The number of nitrogens with zero attached hydrogens (tertiary/aromatic N) is 2. The number of anilines is 1. The van der Waals surface area contributed by atoms with Crippen LogP contribution in [0.25, 0.3) is 10.8 Å². The number of hydrogen-bond acceptors (Lipinski definition) is 4. The number of hydrogen-bond donors (Lipinski definition) is 2. The molecule has 4 aromatic carbocycles. The summed E-state index contributed by atoms with van der Waals surface area (Å²) in [5.41, 5.74) is 4.82. The SMILES string of the molecule is C[C@H](NC(=O)Cc1cccc2ccccc12)C(=O)N[C@@H]1CN(C)c2ccccc2C(c2ccccc2)=N1. The van der Waals surface area contributed by atoms with Gasteiger partial charge in [0.05, 0.1) is 18.7 Å². The van der Waals surface area contributed by atoms with Gasteiger partial charge in [-0.15, -0.1) is 0 Å². The lowest BCUT2D eigenvalue weighted by Gasteiger charge is -2.24. The molecule has 1 aliphatic rings. The number of likely N-dealkylation sites (N-methyl/N-ethyl adjacent to an activating group) is 1. The molecule has 0 saturated carbocycles. The fourth-order valence-corrected chi connectivity index (χ4v) is 4.80. The first kappa shape index (κ1) is 24.3. The van der Waals surface area contributed by atoms with Crippen molar-refractivity contribution in [3.8, 4) is 0 Å². The van der Waals surface area contributed by atoms with Crippen molar-refractivity contribution in [1.82, 2.24) is 10.6 Å². The second kappa shape index (κ2) is 10.7. The van der Waals surface area contributed by atoms with Gasteiger partial charge in [-0.1, -0.05) is 91.0 Å². The van der Waals surface area contributed by atoms with Crippen molar-refractivity contribution in [1.29, 1.82) is 0 Å². The Morgan fingerprint density at radius 2 is 1.62 bits per heavy atom. The number of aliphatic imine (C=N–C) groups is 1. The Kier molecular flexibility index (Phi) is 6.99. The van der Waals surface area contributed by atoms with Crippen LogP contribution in [0, 0.1) is 0 Å². The van der Waals surface area contributed by atoms with Crippen LogP contribution in [0.1, 0.15) is 23.6 Å². The number of amides is 2. The number of fused-ring (bicyclic) bond motifs is 2. The van der Waals surface area contributed by atoms with Gasteiger partial charge in [0.1, 0.15) is 12.2 Å². The summed E-state index contributed by atoms with van der Waals surface area (Å²) in [6, 6.07) is 31.3. The van der Waals surface area contributed by atoms with E-state index in [0.29, 0.717) is 6.54 Å². The van der Waals surface area contributed by atoms with Crippen LogP contribution >= 0.6 is 0 Å². The molecule has 6 heteroatoms. The van der Waals surface area contributed by atoms with Crippen LogP contribution < -0.4 is 15.5 Å². The third-order valence-electron chi connectivity index (χ3n) is 6.66. The average Bonchev–Trinajstić information content (AvgIpc) is 3.05. The van der Waals surface area contributed by atoms with E-state index in [9.17, 15) is 9.59 Å². The molecule has 0 fully saturated rings. The Labute approximate surface area is 217 Å². The van der Waals surface area contributed by atoms with Gasteiger partial charge in [0.25, 0.3) is 0 Å². The van der Waals surface area contributed by atoms with Crippen LogP contribution in [-0.2, 0) is 16.0 Å². The van der Waals surface area contributed by atoms with Crippen molar-refractivity contribution in [3.05, 3.63) is 114 Å². The van der Waals surface area contributed by atoms with E-state index in [2.05, 4.69) is 27.7 Å². The molecule has 0 bridgehead atoms. The summed E-state index contributed by atoms with van der Waals surface area (Å²) in [7, 11) is 2.00. The van der Waals surface area contributed by atoms with Crippen LogP contribution in [0.2, 0.25) is 0 Å². The molecule has 2 amide bonds. The molecule has 1 heterocycles. The Hall–Kier alpha value is -4.45. The van der Waals surface area contributed by atoms with Gasteiger partial charge in [-0.05, 0) is 29.3 Å². The van der Waals surface area contributed by atoms with E-state index < -0.39 is 12.2 Å². The van der Waals surface area contributed by atoms with Crippen LogP contribution in [-0.4, -0.2) is 43.3 Å². The minimum absolute atomic E-state index is 0.196. The highest BCUT2D eigenvalue weighted by atomic mass is 16.2. The standard InChI is InChI=1S/C31H30N4O2/c1-21(32-29(36)19-24-15-10-14-22-11-6-7-16-25(22)24)31(37)34-28-20-35(2)27-18-9-8-17-26(27)30(33-28)23-12-4-3-5-13-23/h3-18,21,28H,19-20H2,1-2H3,(H,32,36)(H,34,37)/t21-,28+/m0/s1. The van der Waals surface area contributed by atoms with E-state index in [0.717, 1.165) is 38.9 Å². The predicted octanol–water partition coefficient (Wildman–Crippen LogP) is 4.32. The van der Waals surface area contributed by atoms with Gasteiger partial charge in [-0.2, -0.15) is 0 Å². The molecule has 0 aromatic heterocycles. The molecule has 6 nitrogen and oxygen atoms in total. The van der Waals surface area contributed by atoms with Crippen LogP contribution in [0.5, 0.6) is 0 Å². The maximum Gasteiger partial charge on any atom is 0.243 e. The molecule has 4 aromatic rings. The van der Waals surface area contributed by atoms with E-state index >= 15 is 0 Å². The maximum absolute atomic E-state index is 13.1. The lowest BCUT2D eigenvalue weighted by atomic mass is 10.0. The number of nitrogens with one attached hydrogen (secondary N) is 2. The quantitative estimate of drug-likeness (QED) is 0.423. The number of rotatable bonds is 6. The van der Waals surface area contributed by atoms with E-state index in [1.807, 2.05) is 92.0 Å². The topological polar surface area (TPSA) is 73.8 Å². The van der Waals surface area contributed by atoms with E-state index in [1.165, 1.54) is 0 Å².